The molecule has 2 N–H and O–H groups in total. The molecule has 0 atom stereocenters. The molecule has 1 amide bonds. The van der Waals surface area contributed by atoms with E-state index in [2.05, 4.69) is 15.6 Å². The lowest BCUT2D eigenvalue weighted by Crippen LogP contribution is -2.23. The third kappa shape index (κ3) is 4.31. The van der Waals surface area contributed by atoms with Crippen molar-refractivity contribution in [3.8, 4) is 0 Å². The van der Waals surface area contributed by atoms with E-state index < -0.39 is 0 Å². The van der Waals surface area contributed by atoms with Gasteiger partial charge in [0.1, 0.15) is 0 Å². The van der Waals surface area contributed by atoms with E-state index in [0.29, 0.717) is 23.1 Å². The SMILES string of the molecule is O=C(NCc1cccs1)c1ccccc1NCc1cnc(Cl)s1. The summed E-state index contributed by atoms with van der Waals surface area (Å²) in [6.07, 6.45) is 1.74. The molecule has 0 unspecified atom stereocenters. The van der Waals surface area contributed by atoms with Crippen LogP contribution in [0.15, 0.2) is 48.0 Å². The molecule has 118 valence electrons. The van der Waals surface area contributed by atoms with Crippen LogP contribution in [0.5, 0.6) is 0 Å². The first-order valence-electron chi connectivity index (χ1n) is 6.96. The topological polar surface area (TPSA) is 54.0 Å². The van der Waals surface area contributed by atoms with E-state index in [4.69, 9.17) is 11.6 Å². The Balaban J connectivity index is 1.65. The van der Waals surface area contributed by atoms with Crippen LogP contribution in [0.1, 0.15) is 20.1 Å². The Hall–Kier alpha value is -1.89. The van der Waals surface area contributed by atoms with Crippen molar-refractivity contribution in [3.05, 3.63) is 67.8 Å². The van der Waals surface area contributed by atoms with Gasteiger partial charge in [0.25, 0.3) is 5.91 Å². The van der Waals surface area contributed by atoms with Crippen LogP contribution >= 0.6 is 34.3 Å². The number of nitrogens with zero attached hydrogens (tertiary/aromatic N) is 1. The molecule has 0 spiro atoms. The average molecular weight is 364 g/mol. The molecule has 0 aliphatic rings. The lowest BCUT2D eigenvalue weighted by Gasteiger charge is -2.11. The van der Waals surface area contributed by atoms with Crippen LogP contribution in [-0.2, 0) is 13.1 Å². The first-order chi connectivity index (χ1) is 11.2. The van der Waals surface area contributed by atoms with Gasteiger partial charge in [-0.1, -0.05) is 29.8 Å². The second-order valence-electron chi connectivity index (χ2n) is 4.74. The molecule has 2 heterocycles. The van der Waals surface area contributed by atoms with Crippen LogP contribution in [0.4, 0.5) is 5.69 Å². The number of nitrogens with one attached hydrogen (secondary N) is 2. The van der Waals surface area contributed by atoms with Crippen LogP contribution in [0, 0.1) is 0 Å². The molecule has 0 aliphatic carbocycles. The van der Waals surface area contributed by atoms with Crippen molar-refractivity contribution in [2.24, 2.45) is 0 Å². The molecule has 2 aromatic heterocycles. The predicted octanol–water partition coefficient (Wildman–Crippen LogP) is 4.40. The zero-order valence-corrected chi connectivity index (χ0v) is 14.5. The molecule has 0 fully saturated rings. The number of hydrogen-bond acceptors (Lipinski definition) is 5. The number of carbonyl (C=O) groups excluding carboxylic acids is 1. The van der Waals surface area contributed by atoms with Gasteiger partial charge in [-0.25, -0.2) is 4.98 Å². The van der Waals surface area contributed by atoms with Gasteiger partial charge in [-0.15, -0.1) is 22.7 Å². The molecule has 3 rings (SSSR count). The fraction of sp³-hybridized carbons (Fsp3) is 0.125. The minimum atomic E-state index is -0.0937. The minimum Gasteiger partial charge on any atom is -0.379 e. The molecule has 7 heteroatoms. The predicted molar refractivity (Wildman–Crippen MR) is 96.4 cm³/mol. The molecule has 0 saturated heterocycles. The van der Waals surface area contributed by atoms with Gasteiger partial charge in [-0.05, 0) is 23.6 Å². The quantitative estimate of drug-likeness (QED) is 0.682. The number of halogens is 1. The third-order valence-electron chi connectivity index (χ3n) is 3.15. The largest absolute Gasteiger partial charge is 0.379 e. The molecule has 0 saturated carbocycles. The second-order valence-corrected chi connectivity index (χ2v) is 7.47. The minimum absolute atomic E-state index is 0.0937. The lowest BCUT2D eigenvalue weighted by molar-refractivity contribution is 0.0952. The van der Waals surface area contributed by atoms with E-state index in [9.17, 15) is 4.79 Å². The van der Waals surface area contributed by atoms with E-state index in [1.54, 1.807) is 17.5 Å². The molecule has 0 bridgehead atoms. The molecule has 4 nitrogen and oxygen atoms in total. The van der Waals surface area contributed by atoms with Crippen LogP contribution in [-0.4, -0.2) is 10.9 Å². The molecular formula is C16H14ClN3OS2. The van der Waals surface area contributed by atoms with Crippen LogP contribution in [0.3, 0.4) is 0 Å². The summed E-state index contributed by atoms with van der Waals surface area (Å²) in [6, 6.07) is 11.4. The second kappa shape index (κ2) is 7.59. The zero-order valence-electron chi connectivity index (χ0n) is 12.1. The highest BCUT2D eigenvalue weighted by Crippen LogP contribution is 2.21. The zero-order chi connectivity index (χ0) is 16.1. The molecule has 0 aliphatic heterocycles. The van der Waals surface area contributed by atoms with Crippen LogP contribution in [0.2, 0.25) is 4.47 Å². The summed E-state index contributed by atoms with van der Waals surface area (Å²) in [5.74, 6) is -0.0937. The van der Waals surface area contributed by atoms with E-state index in [1.165, 1.54) is 11.3 Å². The number of aromatic nitrogens is 1. The van der Waals surface area contributed by atoms with Gasteiger partial charge in [-0.3, -0.25) is 4.79 Å². The van der Waals surface area contributed by atoms with E-state index in [-0.39, 0.29) is 5.91 Å². The highest BCUT2D eigenvalue weighted by Gasteiger charge is 2.11. The van der Waals surface area contributed by atoms with E-state index >= 15 is 0 Å². The normalized spacial score (nSPS) is 10.5. The average Bonchev–Trinajstić information content (AvgIpc) is 3.22. The fourth-order valence-corrected chi connectivity index (χ4v) is 3.62. The Morgan fingerprint density at radius 3 is 2.74 bits per heavy atom. The Morgan fingerprint density at radius 1 is 1.13 bits per heavy atom. The van der Waals surface area contributed by atoms with Crippen LogP contribution in [0.25, 0.3) is 0 Å². The molecule has 23 heavy (non-hydrogen) atoms. The highest BCUT2D eigenvalue weighted by atomic mass is 35.5. The van der Waals surface area contributed by atoms with Gasteiger partial charge in [-0.2, -0.15) is 0 Å². The number of rotatable bonds is 6. The standard InChI is InChI=1S/C16H14ClN3OS2/c17-16-20-10-12(23-16)9-18-14-6-2-1-5-13(14)15(21)19-8-11-4-3-7-22-11/h1-7,10,18H,8-9H2,(H,19,21). The summed E-state index contributed by atoms with van der Waals surface area (Å²) in [5, 5.41) is 8.21. The molecule has 3 aromatic rings. The number of benzene rings is 1. The number of thiazole rings is 1. The van der Waals surface area contributed by atoms with Crippen LogP contribution < -0.4 is 10.6 Å². The van der Waals surface area contributed by atoms with Gasteiger partial charge in [0.15, 0.2) is 4.47 Å². The third-order valence-corrected chi connectivity index (χ3v) is 5.14. The van der Waals surface area contributed by atoms with Crippen molar-refractivity contribution in [1.82, 2.24) is 10.3 Å². The van der Waals surface area contributed by atoms with Crippen molar-refractivity contribution in [3.63, 3.8) is 0 Å². The van der Waals surface area contributed by atoms with Crippen molar-refractivity contribution >= 4 is 45.9 Å². The molecular weight excluding hydrogens is 350 g/mol. The summed E-state index contributed by atoms with van der Waals surface area (Å²) < 4.78 is 0.517. The van der Waals surface area contributed by atoms with Crippen molar-refractivity contribution in [2.75, 3.05) is 5.32 Å². The lowest BCUT2D eigenvalue weighted by atomic mass is 10.1. The van der Waals surface area contributed by atoms with E-state index in [1.807, 2.05) is 41.8 Å². The Bertz CT molecular complexity index is 786. The van der Waals surface area contributed by atoms with E-state index in [0.717, 1.165) is 15.4 Å². The van der Waals surface area contributed by atoms with Crippen molar-refractivity contribution in [1.29, 1.82) is 0 Å². The first-order valence-corrected chi connectivity index (χ1v) is 9.03. The summed E-state index contributed by atoms with van der Waals surface area (Å²) in [7, 11) is 0. The number of thiophene rings is 1. The monoisotopic (exact) mass is 363 g/mol. The van der Waals surface area contributed by atoms with Gasteiger partial charge in [0.05, 0.1) is 18.7 Å². The van der Waals surface area contributed by atoms with Crippen molar-refractivity contribution < 1.29 is 4.79 Å². The van der Waals surface area contributed by atoms with Crippen molar-refractivity contribution in [2.45, 2.75) is 13.1 Å². The van der Waals surface area contributed by atoms with Gasteiger partial charge in [0.2, 0.25) is 0 Å². The summed E-state index contributed by atoms with van der Waals surface area (Å²) in [6.45, 7) is 1.12. The Morgan fingerprint density at radius 2 is 2.00 bits per heavy atom. The van der Waals surface area contributed by atoms with Gasteiger partial charge in [0, 0.05) is 21.6 Å². The number of anilines is 1. The van der Waals surface area contributed by atoms with Gasteiger partial charge < -0.3 is 10.6 Å². The summed E-state index contributed by atoms with van der Waals surface area (Å²) in [4.78, 5) is 18.6. The Kier molecular flexibility index (Phi) is 5.27. The van der Waals surface area contributed by atoms with Gasteiger partial charge >= 0.3 is 0 Å². The maximum absolute atomic E-state index is 12.4. The molecule has 0 radical (unpaired) electrons. The first kappa shape index (κ1) is 16.0. The maximum Gasteiger partial charge on any atom is 0.253 e. The number of para-hydroxylation sites is 1. The number of carbonyl (C=O) groups is 1. The molecule has 1 aromatic carbocycles. The maximum atomic E-state index is 12.4. The number of hydrogen-bond donors (Lipinski definition) is 2. The fourth-order valence-electron chi connectivity index (χ4n) is 2.06. The number of amides is 1. The summed E-state index contributed by atoms with van der Waals surface area (Å²) >= 11 is 8.88. The smallest absolute Gasteiger partial charge is 0.253 e. The summed E-state index contributed by atoms with van der Waals surface area (Å²) in [5.41, 5.74) is 1.42. The highest BCUT2D eigenvalue weighted by molar-refractivity contribution is 7.15. The Labute approximate surface area is 147 Å².